The first-order valence-corrected chi connectivity index (χ1v) is 4.22. The second kappa shape index (κ2) is 6.04. The van der Waals surface area contributed by atoms with Gasteiger partial charge in [-0.25, -0.2) is 4.79 Å². The van der Waals surface area contributed by atoms with Crippen molar-refractivity contribution < 1.29 is 14.5 Å². The minimum Gasteiger partial charge on any atom is -0.425 e. The van der Waals surface area contributed by atoms with Crippen LogP contribution in [0.1, 0.15) is 6.92 Å². The summed E-state index contributed by atoms with van der Waals surface area (Å²) in [6.07, 6.45) is 0. The van der Waals surface area contributed by atoms with E-state index in [-0.39, 0.29) is 23.8 Å². The highest BCUT2D eigenvalue weighted by atomic mass is 35.5. The number of benzene rings is 1. The zero-order valence-electron chi connectivity index (χ0n) is 8.45. The molecule has 2 N–H and O–H groups in total. The average molecular weight is 247 g/mol. The Morgan fingerprint density at radius 2 is 1.94 bits per heavy atom. The third kappa shape index (κ3) is 3.84. The second-order valence-electron chi connectivity index (χ2n) is 2.96. The lowest BCUT2D eigenvalue weighted by Gasteiger charge is -2.05. The molecule has 0 aromatic heterocycles. The van der Waals surface area contributed by atoms with Crippen LogP contribution in [-0.4, -0.2) is 16.9 Å². The molecule has 1 aromatic rings. The third-order valence-corrected chi connectivity index (χ3v) is 1.64. The van der Waals surface area contributed by atoms with Crippen molar-refractivity contribution >= 4 is 24.1 Å². The monoisotopic (exact) mass is 246 g/mol. The maximum absolute atomic E-state index is 11.0. The molecule has 1 atom stereocenters. The molecule has 1 rings (SSSR count). The number of nitro groups is 1. The lowest BCUT2D eigenvalue weighted by Crippen LogP contribution is -2.30. The van der Waals surface area contributed by atoms with Crippen LogP contribution in [-0.2, 0) is 4.79 Å². The molecule has 0 unspecified atom stereocenters. The lowest BCUT2D eigenvalue weighted by molar-refractivity contribution is -0.384. The molecule has 16 heavy (non-hydrogen) atoms. The van der Waals surface area contributed by atoms with Crippen molar-refractivity contribution in [3.63, 3.8) is 0 Å². The van der Waals surface area contributed by atoms with Gasteiger partial charge in [0.1, 0.15) is 11.8 Å². The number of non-ortho nitro benzene ring substituents is 1. The Labute approximate surface area is 97.9 Å². The van der Waals surface area contributed by atoms with Gasteiger partial charge in [0.15, 0.2) is 0 Å². The van der Waals surface area contributed by atoms with Gasteiger partial charge in [0.2, 0.25) is 0 Å². The van der Waals surface area contributed by atoms with Gasteiger partial charge in [0.05, 0.1) is 4.92 Å². The highest BCUT2D eigenvalue weighted by Crippen LogP contribution is 2.17. The van der Waals surface area contributed by atoms with E-state index in [0.717, 1.165) is 0 Å². The number of nitrogens with zero attached hydrogens (tertiary/aromatic N) is 1. The zero-order chi connectivity index (χ0) is 11.4. The number of halogens is 1. The Bertz CT molecular complexity index is 378. The third-order valence-electron chi connectivity index (χ3n) is 1.64. The van der Waals surface area contributed by atoms with E-state index < -0.39 is 16.9 Å². The second-order valence-corrected chi connectivity index (χ2v) is 2.96. The summed E-state index contributed by atoms with van der Waals surface area (Å²) in [7, 11) is 0. The molecule has 0 aliphatic carbocycles. The van der Waals surface area contributed by atoms with Crippen LogP contribution in [0.2, 0.25) is 0 Å². The first-order chi connectivity index (χ1) is 7.00. The van der Waals surface area contributed by atoms with Crippen molar-refractivity contribution in [2.45, 2.75) is 13.0 Å². The molecule has 6 nitrogen and oxygen atoms in total. The van der Waals surface area contributed by atoms with Crippen LogP contribution in [0.25, 0.3) is 0 Å². The van der Waals surface area contributed by atoms with Crippen LogP contribution >= 0.6 is 12.4 Å². The number of ether oxygens (including phenoxy) is 1. The smallest absolute Gasteiger partial charge is 0.328 e. The summed E-state index contributed by atoms with van der Waals surface area (Å²) in [4.78, 5) is 20.8. The molecule has 0 aliphatic rings. The fourth-order valence-corrected chi connectivity index (χ4v) is 0.845. The number of carbonyl (C=O) groups is 1. The Morgan fingerprint density at radius 3 is 2.31 bits per heavy atom. The van der Waals surface area contributed by atoms with Crippen LogP contribution in [0.4, 0.5) is 5.69 Å². The first-order valence-electron chi connectivity index (χ1n) is 4.22. The molecular formula is C9H11ClN2O4. The van der Waals surface area contributed by atoms with E-state index in [4.69, 9.17) is 10.5 Å². The van der Waals surface area contributed by atoms with Gasteiger partial charge in [-0.15, -0.1) is 12.4 Å². The van der Waals surface area contributed by atoms with Crippen molar-refractivity contribution in [3.05, 3.63) is 34.4 Å². The molecule has 0 amide bonds. The summed E-state index contributed by atoms with van der Waals surface area (Å²) >= 11 is 0. The van der Waals surface area contributed by atoms with E-state index in [1.807, 2.05) is 0 Å². The number of carbonyl (C=O) groups excluding carboxylic acids is 1. The van der Waals surface area contributed by atoms with E-state index in [1.54, 1.807) is 0 Å². The maximum atomic E-state index is 11.0. The fourth-order valence-electron chi connectivity index (χ4n) is 0.845. The van der Waals surface area contributed by atoms with Crippen LogP contribution in [0.5, 0.6) is 5.75 Å². The largest absolute Gasteiger partial charge is 0.425 e. The van der Waals surface area contributed by atoms with Crippen LogP contribution < -0.4 is 10.5 Å². The van der Waals surface area contributed by atoms with Crippen molar-refractivity contribution in [2.75, 3.05) is 0 Å². The van der Waals surface area contributed by atoms with E-state index in [1.165, 1.54) is 31.2 Å². The topological polar surface area (TPSA) is 95.5 Å². The molecule has 88 valence electrons. The highest BCUT2D eigenvalue weighted by molar-refractivity contribution is 5.85. The molecule has 0 bridgehead atoms. The molecule has 0 heterocycles. The summed E-state index contributed by atoms with van der Waals surface area (Å²) < 4.78 is 4.82. The standard InChI is InChI=1S/C9H10N2O4.ClH/c1-6(10)9(12)15-8-4-2-7(3-5-8)11(13)14;/h2-6H,10H2,1H3;1H/t6-;/m1./s1. The molecule has 0 radical (unpaired) electrons. The molecule has 0 fully saturated rings. The van der Waals surface area contributed by atoms with Gasteiger partial charge >= 0.3 is 5.97 Å². The number of nitrogens with two attached hydrogens (primary N) is 1. The number of hydrogen-bond donors (Lipinski definition) is 1. The van der Waals surface area contributed by atoms with Crippen LogP contribution in [0, 0.1) is 10.1 Å². The number of esters is 1. The average Bonchev–Trinajstić information content (AvgIpc) is 2.18. The van der Waals surface area contributed by atoms with E-state index in [2.05, 4.69) is 0 Å². The summed E-state index contributed by atoms with van der Waals surface area (Å²) in [5.74, 6) is -0.341. The fraction of sp³-hybridized carbons (Fsp3) is 0.222. The minimum atomic E-state index is -0.722. The summed E-state index contributed by atoms with van der Waals surface area (Å²) in [5.41, 5.74) is 5.22. The highest BCUT2D eigenvalue weighted by Gasteiger charge is 2.11. The van der Waals surface area contributed by atoms with Crippen molar-refractivity contribution in [2.24, 2.45) is 5.73 Å². The van der Waals surface area contributed by atoms with Crippen LogP contribution in [0.3, 0.4) is 0 Å². The Hall–Kier alpha value is -1.66. The molecule has 0 saturated carbocycles. The molecule has 0 saturated heterocycles. The van der Waals surface area contributed by atoms with Gasteiger partial charge in [-0.2, -0.15) is 0 Å². The number of nitro benzene ring substituents is 1. The van der Waals surface area contributed by atoms with Gasteiger partial charge in [0, 0.05) is 12.1 Å². The zero-order valence-corrected chi connectivity index (χ0v) is 9.27. The van der Waals surface area contributed by atoms with Crippen molar-refractivity contribution in [3.8, 4) is 5.75 Å². The Balaban J connectivity index is 0.00000225. The van der Waals surface area contributed by atoms with Gasteiger partial charge < -0.3 is 10.5 Å². The van der Waals surface area contributed by atoms with E-state index in [0.29, 0.717) is 0 Å². The van der Waals surface area contributed by atoms with Crippen molar-refractivity contribution in [1.82, 2.24) is 0 Å². The predicted molar refractivity (Wildman–Crippen MR) is 59.6 cm³/mol. The van der Waals surface area contributed by atoms with Crippen LogP contribution in [0.15, 0.2) is 24.3 Å². The molecule has 7 heteroatoms. The minimum absolute atomic E-state index is 0. The number of rotatable bonds is 3. The summed E-state index contributed by atoms with van der Waals surface area (Å²) in [5, 5.41) is 10.3. The van der Waals surface area contributed by atoms with Gasteiger partial charge in [-0.1, -0.05) is 0 Å². The Kier molecular flexibility index (Phi) is 5.41. The lowest BCUT2D eigenvalue weighted by atomic mass is 10.3. The molecule has 1 aromatic carbocycles. The van der Waals surface area contributed by atoms with Gasteiger partial charge in [0.25, 0.3) is 5.69 Å². The van der Waals surface area contributed by atoms with Gasteiger partial charge in [-0.3, -0.25) is 10.1 Å². The van der Waals surface area contributed by atoms with Gasteiger partial charge in [-0.05, 0) is 19.1 Å². The Morgan fingerprint density at radius 1 is 1.44 bits per heavy atom. The first kappa shape index (κ1) is 14.3. The normalized spacial score (nSPS) is 11.1. The summed E-state index contributed by atoms with van der Waals surface area (Å²) in [6.45, 7) is 1.49. The van der Waals surface area contributed by atoms with E-state index >= 15 is 0 Å². The number of hydrogen-bond acceptors (Lipinski definition) is 5. The summed E-state index contributed by atoms with van der Waals surface area (Å²) in [6, 6.07) is 4.48. The molecular weight excluding hydrogens is 236 g/mol. The van der Waals surface area contributed by atoms with Crippen molar-refractivity contribution in [1.29, 1.82) is 0 Å². The SMILES string of the molecule is C[C@@H](N)C(=O)Oc1ccc([N+](=O)[O-])cc1.Cl. The van der Waals surface area contributed by atoms with E-state index in [9.17, 15) is 14.9 Å². The molecule has 0 spiro atoms. The maximum Gasteiger partial charge on any atom is 0.328 e. The quantitative estimate of drug-likeness (QED) is 0.375. The predicted octanol–water partition coefficient (Wildman–Crippen LogP) is 1.27. The molecule has 0 aliphatic heterocycles.